The molecule has 1 aromatic carbocycles. The predicted molar refractivity (Wildman–Crippen MR) is 101 cm³/mol. The molecule has 0 saturated carbocycles. The summed E-state index contributed by atoms with van der Waals surface area (Å²) in [6.45, 7) is 2.90. The van der Waals surface area contributed by atoms with E-state index in [0.29, 0.717) is 29.6 Å². The van der Waals surface area contributed by atoms with Crippen LogP contribution in [0.15, 0.2) is 46.3 Å². The molecule has 0 aliphatic rings. The van der Waals surface area contributed by atoms with Gasteiger partial charge in [-0.25, -0.2) is 0 Å². The van der Waals surface area contributed by atoms with Crippen molar-refractivity contribution in [2.75, 3.05) is 0 Å². The van der Waals surface area contributed by atoms with Gasteiger partial charge < -0.3 is 9.09 Å². The highest BCUT2D eigenvalue weighted by atomic mass is 35.5. The Bertz CT molecular complexity index is 1010. The molecule has 0 aliphatic heterocycles. The van der Waals surface area contributed by atoms with Gasteiger partial charge in [-0.1, -0.05) is 35.0 Å². The first-order valence-electron chi connectivity index (χ1n) is 8.29. The largest absolute Gasteiger partial charge is 0.339 e. The predicted octanol–water partition coefficient (Wildman–Crippen LogP) is 4.52. The zero-order valence-corrected chi connectivity index (χ0v) is 15.7. The maximum atomic E-state index is 6.02. The van der Waals surface area contributed by atoms with Gasteiger partial charge in [0.05, 0.1) is 4.88 Å². The first kappa shape index (κ1) is 16.9. The average molecular weight is 386 g/mol. The Morgan fingerprint density at radius 2 is 2.08 bits per heavy atom. The van der Waals surface area contributed by atoms with E-state index in [9.17, 15) is 0 Å². The molecule has 6 nitrogen and oxygen atoms in total. The second-order valence-corrected chi connectivity index (χ2v) is 7.07. The lowest BCUT2D eigenvalue weighted by atomic mass is 10.2. The SMILES string of the molecule is CCn1c(CCc2nc(-c3cccc(Cl)c3)no2)nnc1-c1cccs1. The van der Waals surface area contributed by atoms with E-state index in [4.69, 9.17) is 16.1 Å². The van der Waals surface area contributed by atoms with Gasteiger partial charge in [0.15, 0.2) is 5.82 Å². The summed E-state index contributed by atoms with van der Waals surface area (Å²) in [4.78, 5) is 5.57. The van der Waals surface area contributed by atoms with Crippen molar-refractivity contribution < 1.29 is 4.52 Å². The number of benzene rings is 1. The van der Waals surface area contributed by atoms with Gasteiger partial charge >= 0.3 is 0 Å². The smallest absolute Gasteiger partial charge is 0.227 e. The van der Waals surface area contributed by atoms with Crippen LogP contribution in [0.2, 0.25) is 5.02 Å². The van der Waals surface area contributed by atoms with E-state index < -0.39 is 0 Å². The highest BCUT2D eigenvalue weighted by Crippen LogP contribution is 2.24. The van der Waals surface area contributed by atoms with Crippen LogP contribution in [-0.2, 0) is 19.4 Å². The quantitative estimate of drug-likeness (QED) is 0.488. The van der Waals surface area contributed by atoms with Gasteiger partial charge in [-0.2, -0.15) is 4.98 Å². The van der Waals surface area contributed by atoms with Crippen LogP contribution in [0.5, 0.6) is 0 Å². The van der Waals surface area contributed by atoms with Crippen molar-refractivity contribution in [2.24, 2.45) is 0 Å². The van der Waals surface area contributed by atoms with Crippen LogP contribution >= 0.6 is 22.9 Å². The van der Waals surface area contributed by atoms with Gasteiger partial charge in [-0.3, -0.25) is 0 Å². The van der Waals surface area contributed by atoms with Crippen LogP contribution in [-0.4, -0.2) is 24.9 Å². The highest BCUT2D eigenvalue weighted by molar-refractivity contribution is 7.13. The molecule has 8 heteroatoms. The van der Waals surface area contributed by atoms with Crippen LogP contribution < -0.4 is 0 Å². The molecule has 4 aromatic rings. The molecule has 3 heterocycles. The van der Waals surface area contributed by atoms with E-state index in [-0.39, 0.29) is 0 Å². The first-order valence-corrected chi connectivity index (χ1v) is 9.55. The molecule has 0 saturated heterocycles. The van der Waals surface area contributed by atoms with Crippen molar-refractivity contribution in [3.63, 3.8) is 0 Å². The van der Waals surface area contributed by atoms with E-state index in [1.54, 1.807) is 11.3 Å². The second kappa shape index (κ2) is 7.39. The van der Waals surface area contributed by atoms with Gasteiger partial charge in [0.2, 0.25) is 11.7 Å². The second-order valence-electron chi connectivity index (χ2n) is 5.68. The third-order valence-corrected chi connectivity index (χ3v) is 5.10. The zero-order chi connectivity index (χ0) is 17.9. The number of nitrogens with zero attached hydrogens (tertiary/aromatic N) is 5. The van der Waals surface area contributed by atoms with Gasteiger partial charge in [0.1, 0.15) is 5.82 Å². The van der Waals surface area contributed by atoms with Crippen LogP contribution in [0.4, 0.5) is 0 Å². The molecule has 0 atom stereocenters. The molecular formula is C18H16ClN5OS. The molecular weight excluding hydrogens is 370 g/mol. The van der Waals surface area contributed by atoms with Crippen LogP contribution in [0.1, 0.15) is 18.6 Å². The summed E-state index contributed by atoms with van der Waals surface area (Å²) in [6.07, 6.45) is 1.29. The minimum absolute atomic E-state index is 0.540. The van der Waals surface area contributed by atoms with Crippen LogP contribution in [0.3, 0.4) is 0 Å². The van der Waals surface area contributed by atoms with Crippen molar-refractivity contribution in [3.8, 4) is 22.1 Å². The molecule has 0 N–H and O–H groups in total. The lowest BCUT2D eigenvalue weighted by Gasteiger charge is -2.05. The summed E-state index contributed by atoms with van der Waals surface area (Å²) in [5, 5.41) is 15.4. The molecule has 3 aromatic heterocycles. The van der Waals surface area contributed by atoms with Gasteiger partial charge in [-0.15, -0.1) is 21.5 Å². The van der Waals surface area contributed by atoms with Crippen LogP contribution in [0.25, 0.3) is 22.1 Å². The Morgan fingerprint density at radius 1 is 1.15 bits per heavy atom. The summed E-state index contributed by atoms with van der Waals surface area (Å²) in [7, 11) is 0. The van der Waals surface area contributed by atoms with Crippen molar-refractivity contribution in [3.05, 3.63) is 58.5 Å². The Kier molecular flexibility index (Phi) is 4.81. The lowest BCUT2D eigenvalue weighted by Crippen LogP contribution is -2.05. The monoisotopic (exact) mass is 385 g/mol. The average Bonchev–Trinajstić information content (AvgIpc) is 3.39. The maximum absolute atomic E-state index is 6.02. The van der Waals surface area contributed by atoms with E-state index >= 15 is 0 Å². The summed E-state index contributed by atoms with van der Waals surface area (Å²) in [5.41, 5.74) is 0.837. The Hall–Kier alpha value is -2.51. The molecule has 132 valence electrons. The van der Waals surface area contributed by atoms with Crippen molar-refractivity contribution >= 4 is 22.9 Å². The fourth-order valence-electron chi connectivity index (χ4n) is 2.76. The molecule has 0 spiro atoms. The Labute approximate surface area is 159 Å². The molecule has 0 radical (unpaired) electrons. The topological polar surface area (TPSA) is 69.6 Å². The highest BCUT2D eigenvalue weighted by Gasteiger charge is 2.15. The van der Waals surface area contributed by atoms with Crippen molar-refractivity contribution in [2.45, 2.75) is 26.3 Å². The third kappa shape index (κ3) is 3.40. The molecule has 0 aliphatic carbocycles. The minimum atomic E-state index is 0.540. The van der Waals surface area contributed by atoms with Crippen molar-refractivity contribution in [1.29, 1.82) is 0 Å². The number of hydrogen-bond donors (Lipinski definition) is 0. The number of aryl methyl sites for hydroxylation is 2. The maximum Gasteiger partial charge on any atom is 0.227 e. The lowest BCUT2D eigenvalue weighted by molar-refractivity contribution is 0.377. The summed E-state index contributed by atoms with van der Waals surface area (Å²) < 4.78 is 7.50. The molecule has 0 amide bonds. The summed E-state index contributed by atoms with van der Waals surface area (Å²) in [5.74, 6) is 2.93. The van der Waals surface area contributed by atoms with E-state index in [2.05, 4.69) is 37.9 Å². The zero-order valence-electron chi connectivity index (χ0n) is 14.1. The Morgan fingerprint density at radius 3 is 2.85 bits per heavy atom. The van der Waals surface area contributed by atoms with Crippen molar-refractivity contribution in [1.82, 2.24) is 24.9 Å². The van der Waals surface area contributed by atoms with E-state index in [1.165, 1.54) is 0 Å². The number of rotatable bonds is 6. The molecule has 0 unspecified atom stereocenters. The number of halogens is 1. The fourth-order valence-corrected chi connectivity index (χ4v) is 3.67. The third-order valence-electron chi connectivity index (χ3n) is 4.00. The molecule has 4 rings (SSSR count). The summed E-state index contributed by atoms with van der Waals surface area (Å²) >= 11 is 7.68. The summed E-state index contributed by atoms with van der Waals surface area (Å²) in [6, 6.07) is 11.5. The van der Waals surface area contributed by atoms with Crippen LogP contribution in [0, 0.1) is 0 Å². The number of thiophene rings is 1. The normalized spacial score (nSPS) is 11.2. The van der Waals surface area contributed by atoms with Gasteiger partial charge in [-0.05, 0) is 30.5 Å². The standard InChI is InChI=1S/C18H16ClN5OS/c1-2-24-15(21-22-18(24)14-7-4-10-26-14)8-9-16-20-17(23-25-16)12-5-3-6-13(19)11-12/h3-7,10-11H,2,8-9H2,1H3. The van der Waals surface area contributed by atoms with Gasteiger partial charge in [0, 0.05) is 30.0 Å². The molecule has 0 bridgehead atoms. The number of hydrogen-bond acceptors (Lipinski definition) is 6. The Balaban J connectivity index is 1.50. The molecule has 0 fully saturated rings. The van der Waals surface area contributed by atoms with E-state index in [1.807, 2.05) is 35.7 Å². The first-order chi connectivity index (χ1) is 12.7. The minimum Gasteiger partial charge on any atom is -0.339 e. The van der Waals surface area contributed by atoms with E-state index in [0.717, 1.165) is 28.6 Å². The fraction of sp³-hybridized carbons (Fsp3) is 0.222. The molecule has 26 heavy (non-hydrogen) atoms. The van der Waals surface area contributed by atoms with Gasteiger partial charge in [0.25, 0.3) is 0 Å². The number of aromatic nitrogens is 5.